The van der Waals surface area contributed by atoms with Crippen LogP contribution in [0.25, 0.3) is 11.0 Å². The number of hydrogen-bond donors (Lipinski definition) is 2. The van der Waals surface area contributed by atoms with E-state index in [0.29, 0.717) is 29.0 Å². The molecule has 1 aromatic heterocycles. The molecule has 7 nitrogen and oxygen atoms in total. The van der Waals surface area contributed by atoms with Crippen molar-refractivity contribution in [1.29, 1.82) is 0 Å². The molecule has 30 heavy (non-hydrogen) atoms. The van der Waals surface area contributed by atoms with Crippen molar-refractivity contribution in [1.82, 2.24) is 15.0 Å². The Kier molecular flexibility index (Phi) is 5.26. The van der Waals surface area contributed by atoms with Crippen LogP contribution in [0.1, 0.15) is 28.4 Å². The third-order valence-electron chi connectivity index (χ3n) is 4.69. The normalized spacial score (nSPS) is 10.7. The first-order chi connectivity index (χ1) is 14.5. The topological polar surface area (TPSA) is 88.9 Å². The summed E-state index contributed by atoms with van der Waals surface area (Å²) in [5.74, 6) is -0.382. The number of nitrogens with zero attached hydrogens (tertiary/aromatic N) is 3. The molecule has 0 spiro atoms. The fourth-order valence-corrected chi connectivity index (χ4v) is 3.14. The number of hydrogen-bond acceptors (Lipinski definition) is 4. The van der Waals surface area contributed by atoms with E-state index >= 15 is 0 Å². The third kappa shape index (κ3) is 4.35. The molecule has 2 amide bonds. The lowest BCUT2D eigenvalue weighted by Crippen LogP contribution is -2.12. The number of benzene rings is 3. The molecule has 0 fully saturated rings. The Morgan fingerprint density at radius 2 is 1.57 bits per heavy atom. The van der Waals surface area contributed by atoms with Crippen LogP contribution >= 0.6 is 0 Å². The molecule has 2 N–H and O–H groups in total. The average Bonchev–Trinajstić information content (AvgIpc) is 3.13. The minimum absolute atomic E-state index is 0.143. The lowest BCUT2D eigenvalue weighted by atomic mass is 10.1. The molecule has 0 aliphatic carbocycles. The molecule has 0 saturated carbocycles. The van der Waals surface area contributed by atoms with Gasteiger partial charge in [0.1, 0.15) is 5.52 Å². The first-order valence-corrected chi connectivity index (χ1v) is 9.56. The van der Waals surface area contributed by atoms with Crippen molar-refractivity contribution in [2.45, 2.75) is 20.4 Å². The van der Waals surface area contributed by atoms with Crippen molar-refractivity contribution >= 4 is 34.2 Å². The van der Waals surface area contributed by atoms with E-state index in [0.717, 1.165) is 11.1 Å². The quantitative estimate of drug-likeness (QED) is 0.531. The Hall–Kier alpha value is -4.00. The molecule has 150 valence electrons. The van der Waals surface area contributed by atoms with E-state index < -0.39 is 0 Å². The Morgan fingerprint density at radius 3 is 2.23 bits per heavy atom. The van der Waals surface area contributed by atoms with Crippen molar-refractivity contribution in [2.24, 2.45) is 0 Å². The Morgan fingerprint density at radius 1 is 0.900 bits per heavy atom. The molecule has 0 saturated heterocycles. The molecule has 7 heteroatoms. The number of amides is 2. The highest BCUT2D eigenvalue weighted by Gasteiger charge is 2.11. The minimum Gasteiger partial charge on any atom is -0.326 e. The van der Waals surface area contributed by atoms with Gasteiger partial charge in [0.2, 0.25) is 5.91 Å². The van der Waals surface area contributed by atoms with E-state index in [1.165, 1.54) is 12.5 Å². The zero-order chi connectivity index (χ0) is 21.1. The Bertz CT molecular complexity index is 1210. The SMILES string of the molecule is CC(=O)Nc1ccc(NC(=O)c2ccc3c(c2)nnn3Cc2ccc(C)cc2)cc1. The second-order valence-corrected chi connectivity index (χ2v) is 7.15. The van der Waals surface area contributed by atoms with Crippen LogP contribution in [0.3, 0.4) is 0 Å². The summed E-state index contributed by atoms with van der Waals surface area (Å²) in [5, 5.41) is 14.0. The van der Waals surface area contributed by atoms with Gasteiger partial charge in [-0.15, -0.1) is 5.10 Å². The van der Waals surface area contributed by atoms with Gasteiger partial charge >= 0.3 is 0 Å². The van der Waals surface area contributed by atoms with Gasteiger partial charge in [0.15, 0.2) is 0 Å². The number of nitrogens with one attached hydrogen (secondary N) is 2. The summed E-state index contributed by atoms with van der Waals surface area (Å²) < 4.78 is 1.82. The van der Waals surface area contributed by atoms with Gasteiger partial charge in [-0.1, -0.05) is 35.0 Å². The average molecular weight is 399 g/mol. The molecule has 0 unspecified atom stereocenters. The third-order valence-corrected chi connectivity index (χ3v) is 4.69. The maximum absolute atomic E-state index is 12.6. The first-order valence-electron chi connectivity index (χ1n) is 9.56. The van der Waals surface area contributed by atoms with Crippen molar-refractivity contribution in [3.63, 3.8) is 0 Å². The summed E-state index contributed by atoms with van der Waals surface area (Å²) in [6, 6.07) is 20.6. The Labute approximate surface area is 173 Å². The van der Waals surface area contributed by atoms with Gasteiger partial charge in [-0.25, -0.2) is 4.68 Å². The van der Waals surface area contributed by atoms with Crippen LogP contribution in [-0.2, 0) is 11.3 Å². The largest absolute Gasteiger partial charge is 0.326 e. The van der Waals surface area contributed by atoms with E-state index in [1.807, 2.05) is 10.7 Å². The van der Waals surface area contributed by atoms with Crippen molar-refractivity contribution in [3.05, 3.63) is 83.4 Å². The van der Waals surface area contributed by atoms with E-state index in [9.17, 15) is 9.59 Å². The molecule has 0 aliphatic rings. The summed E-state index contributed by atoms with van der Waals surface area (Å²) in [5.41, 5.74) is 5.68. The molecule has 0 atom stereocenters. The van der Waals surface area contributed by atoms with Gasteiger partial charge in [-0.05, 0) is 55.0 Å². The molecule has 0 radical (unpaired) electrons. The number of rotatable bonds is 5. The first kappa shape index (κ1) is 19.3. The molecule has 4 aromatic rings. The van der Waals surface area contributed by atoms with Crippen molar-refractivity contribution in [3.8, 4) is 0 Å². The maximum atomic E-state index is 12.6. The van der Waals surface area contributed by atoms with Gasteiger partial charge < -0.3 is 10.6 Å². The number of fused-ring (bicyclic) bond motifs is 1. The van der Waals surface area contributed by atoms with E-state index in [2.05, 4.69) is 52.1 Å². The van der Waals surface area contributed by atoms with Crippen LogP contribution in [0.2, 0.25) is 0 Å². The van der Waals surface area contributed by atoms with Gasteiger partial charge in [0.05, 0.1) is 12.1 Å². The zero-order valence-corrected chi connectivity index (χ0v) is 16.7. The van der Waals surface area contributed by atoms with Gasteiger partial charge in [-0.2, -0.15) is 0 Å². The Balaban J connectivity index is 1.48. The fourth-order valence-electron chi connectivity index (χ4n) is 3.14. The lowest BCUT2D eigenvalue weighted by molar-refractivity contribution is -0.114. The van der Waals surface area contributed by atoms with E-state index in [4.69, 9.17) is 0 Å². The maximum Gasteiger partial charge on any atom is 0.255 e. The minimum atomic E-state index is -0.239. The number of anilines is 2. The molecule has 1 heterocycles. The van der Waals surface area contributed by atoms with Crippen LogP contribution in [0.5, 0.6) is 0 Å². The molecule has 3 aromatic carbocycles. The van der Waals surface area contributed by atoms with Crippen LogP contribution < -0.4 is 10.6 Å². The highest BCUT2D eigenvalue weighted by atomic mass is 16.2. The number of aryl methyl sites for hydroxylation is 1. The second kappa shape index (κ2) is 8.16. The summed E-state index contributed by atoms with van der Waals surface area (Å²) >= 11 is 0. The summed E-state index contributed by atoms with van der Waals surface area (Å²) in [4.78, 5) is 23.7. The van der Waals surface area contributed by atoms with Gasteiger partial charge in [-0.3, -0.25) is 9.59 Å². The lowest BCUT2D eigenvalue weighted by Gasteiger charge is -2.07. The van der Waals surface area contributed by atoms with E-state index in [1.54, 1.807) is 36.4 Å². The smallest absolute Gasteiger partial charge is 0.255 e. The fraction of sp³-hybridized carbons (Fsp3) is 0.130. The second-order valence-electron chi connectivity index (χ2n) is 7.15. The monoisotopic (exact) mass is 399 g/mol. The standard InChI is InChI=1S/C23H21N5O2/c1-15-3-5-17(6-4-15)14-28-22-12-7-18(13-21(22)26-27-28)23(30)25-20-10-8-19(9-11-20)24-16(2)29/h3-13H,14H2,1-2H3,(H,24,29)(H,25,30). The zero-order valence-electron chi connectivity index (χ0n) is 16.7. The van der Waals surface area contributed by atoms with Gasteiger partial charge in [0, 0.05) is 23.9 Å². The van der Waals surface area contributed by atoms with E-state index in [-0.39, 0.29) is 11.8 Å². The molecular weight excluding hydrogens is 378 g/mol. The van der Waals surface area contributed by atoms with Crippen LogP contribution in [0.4, 0.5) is 11.4 Å². The van der Waals surface area contributed by atoms with Crippen LogP contribution in [0.15, 0.2) is 66.7 Å². The molecular formula is C23H21N5O2. The predicted octanol–water partition coefficient (Wildman–Crippen LogP) is 4.00. The molecule has 0 aliphatic heterocycles. The number of aromatic nitrogens is 3. The van der Waals surface area contributed by atoms with Crippen molar-refractivity contribution < 1.29 is 9.59 Å². The highest BCUT2D eigenvalue weighted by molar-refractivity contribution is 6.06. The molecule has 0 bridgehead atoms. The van der Waals surface area contributed by atoms with Crippen molar-refractivity contribution in [2.75, 3.05) is 10.6 Å². The summed E-state index contributed by atoms with van der Waals surface area (Å²) in [6.45, 7) is 4.12. The summed E-state index contributed by atoms with van der Waals surface area (Å²) in [6.07, 6.45) is 0. The number of carbonyl (C=O) groups is 2. The summed E-state index contributed by atoms with van der Waals surface area (Å²) in [7, 11) is 0. The van der Waals surface area contributed by atoms with Gasteiger partial charge in [0.25, 0.3) is 5.91 Å². The van der Waals surface area contributed by atoms with Crippen LogP contribution in [-0.4, -0.2) is 26.8 Å². The highest BCUT2D eigenvalue weighted by Crippen LogP contribution is 2.18. The van der Waals surface area contributed by atoms with Crippen LogP contribution in [0, 0.1) is 6.92 Å². The molecule has 4 rings (SSSR count). The number of carbonyl (C=O) groups excluding carboxylic acids is 2. The predicted molar refractivity (Wildman–Crippen MR) is 117 cm³/mol.